The predicted molar refractivity (Wildman–Crippen MR) is 104 cm³/mol. The van der Waals surface area contributed by atoms with E-state index in [0.29, 0.717) is 47.3 Å². The van der Waals surface area contributed by atoms with Gasteiger partial charge in [-0.25, -0.2) is 4.79 Å². The highest BCUT2D eigenvalue weighted by molar-refractivity contribution is 6.20. The molecule has 2 rings (SSSR count). The zero-order valence-electron chi connectivity index (χ0n) is 15.9. The lowest BCUT2D eigenvalue weighted by atomic mass is 10.0. The standard InChI is InChI=1S/C21H24O6/c1-5-26-19-12-14(7-9-17(19)24-3)11-16(21(22)23)15-8-10-18(25-4)20(13-15)27-6-2/h7-13H,5-6H2,1-4H3,(H,22,23). The Morgan fingerprint density at radius 3 is 1.96 bits per heavy atom. The van der Waals surface area contributed by atoms with Gasteiger partial charge in [-0.15, -0.1) is 0 Å². The van der Waals surface area contributed by atoms with E-state index in [1.54, 1.807) is 49.6 Å². The molecule has 0 aliphatic heterocycles. The van der Waals surface area contributed by atoms with Crippen LogP contribution in [0, 0.1) is 0 Å². The first kappa shape index (κ1) is 20.2. The van der Waals surface area contributed by atoms with E-state index in [1.807, 2.05) is 13.8 Å². The highest BCUT2D eigenvalue weighted by atomic mass is 16.5. The van der Waals surface area contributed by atoms with Crippen molar-refractivity contribution >= 4 is 17.6 Å². The largest absolute Gasteiger partial charge is 0.493 e. The normalized spacial score (nSPS) is 11.0. The smallest absolute Gasteiger partial charge is 0.336 e. The maximum Gasteiger partial charge on any atom is 0.336 e. The number of rotatable bonds is 9. The molecule has 6 nitrogen and oxygen atoms in total. The lowest BCUT2D eigenvalue weighted by molar-refractivity contribution is -0.130. The number of methoxy groups -OCH3 is 2. The Morgan fingerprint density at radius 1 is 0.889 bits per heavy atom. The fourth-order valence-electron chi connectivity index (χ4n) is 2.60. The van der Waals surface area contributed by atoms with E-state index in [1.165, 1.54) is 7.11 Å². The summed E-state index contributed by atoms with van der Waals surface area (Å²) in [5, 5.41) is 9.71. The van der Waals surface area contributed by atoms with Crippen LogP contribution >= 0.6 is 0 Å². The predicted octanol–water partition coefficient (Wildman–Crippen LogP) is 4.13. The van der Waals surface area contributed by atoms with Gasteiger partial charge in [0.25, 0.3) is 0 Å². The summed E-state index contributed by atoms with van der Waals surface area (Å²) in [4.78, 5) is 11.9. The molecule has 0 radical (unpaired) electrons. The third-order valence-corrected chi connectivity index (χ3v) is 3.80. The van der Waals surface area contributed by atoms with Gasteiger partial charge in [-0.2, -0.15) is 0 Å². The van der Waals surface area contributed by atoms with Gasteiger partial charge < -0.3 is 24.1 Å². The Kier molecular flexibility index (Phi) is 7.11. The summed E-state index contributed by atoms with van der Waals surface area (Å²) in [6.07, 6.45) is 1.59. The second-order valence-electron chi connectivity index (χ2n) is 5.51. The van der Waals surface area contributed by atoms with E-state index in [0.717, 1.165) is 0 Å². The number of hydrogen-bond acceptors (Lipinski definition) is 5. The van der Waals surface area contributed by atoms with E-state index in [4.69, 9.17) is 18.9 Å². The van der Waals surface area contributed by atoms with Crippen molar-refractivity contribution in [1.82, 2.24) is 0 Å². The molecule has 27 heavy (non-hydrogen) atoms. The third-order valence-electron chi connectivity index (χ3n) is 3.80. The van der Waals surface area contributed by atoms with Crippen LogP contribution in [0.15, 0.2) is 36.4 Å². The van der Waals surface area contributed by atoms with E-state index in [9.17, 15) is 9.90 Å². The highest BCUT2D eigenvalue weighted by Gasteiger charge is 2.15. The molecule has 0 amide bonds. The van der Waals surface area contributed by atoms with Crippen LogP contribution in [0.2, 0.25) is 0 Å². The Labute approximate surface area is 158 Å². The second kappa shape index (κ2) is 9.52. The zero-order chi connectivity index (χ0) is 19.8. The van der Waals surface area contributed by atoms with Gasteiger partial charge in [0.05, 0.1) is 33.0 Å². The van der Waals surface area contributed by atoms with Crippen molar-refractivity contribution in [3.8, 4) is 23.0 Å². The topological polar surface area (TPSA) is 74.2 Å². The van der Waals surface area contributed by atoms with Gasteiger partial charge in [-0.3, -0.25) is 0 Å². The molecule has 0 bridgehead atoms. The Morgan fingerprint density at radius 2 is 1.44 bits per heavy atom. The van der Waals surface area contributed by atoms with E-state index in [-0.39, 0.29) is 5.57 Å². The van der Waals surface area contributed by atoms with Crippen LogP contribution in [0.5, 0.6) is 23.0 Å². The number of hydrogen-bond donors (Lipinski definition) is 1. The summed E-state index contributed by atoms with van der Waals surface area (Å²) in [6, 6.07) is 10.3. The summed E-state index contributed by atoms with van der Waals surface area (Å²) in [5.74, 6) is 1.15. The minimum absolute atomic E-state index is 0.131. The first-order valence-corrected chi connectivity index (χ1v) is 8.61. The van der Waals surface area contributed by atoms with Crippen molar-refractivity contribution in [2.24, 2.45) is 0 Å². The number of carbonyl (C=O) groups is 1. The molecule has 2 aromatic carbocycles. The van der Waals surface area contributed by atoms with Crippen molar-refractivity contribution < 1.29 is 28.8 Å². The van der Waals surface area contributed by atoms with Crippen LogP contribution in [-0.2, 0) is 4.79 Å². The maximum absolute atomic E-state index is 11.9. The molecule has 0 unspecified atom stereocenters. The molecule has 144 valence electrons. The minimum Gasteiger partial charge on any atom is -0.493 e. The van der Waals surface area contributed by atoms with Crippen molar-refractivity contribution in [1.29, 1.82) is 0 Å². The van der Waals surface area contributed by atoms with Crippen molar-refractivity contribution in [3.63, 3.8) is 0 Å². The fraction of sp³-hybridized carbons (Fsp3) is 0.286. The van der Waals surface area contributed by atoms with Gasteiger partial charge in [-0.05, 0) is 55.3 Å². The van der Waals surface area contributed by atoms with Crippen LogP contribution < -0.4 is 18.9 Å². The van der Waals surface area contributed by atoms with E-state index in [2.05, 4.69) is 0 Å². The first-order chi connectivity index (χ1) is 13.0. The molecular formula is C21H24O6. The van der Waals surface area contributed by atoms with Gasteiger partial charge in [0, 0.05) is 0 Å². The molecule has 0 heterocycles. The van der Waals surface area contributed by atoms with Gasteiger partial charge >= 0.3 is 5.97 Å². The number of carboxylic acid groups (broad SMARTS) is 1. The molecule has 1 N–H and O–H groups in total. The SMILES string of the molecule is CCOc1cc(C=C(C(=O)O)c2ccc(OC)c(OCC)c2)ccc1OC. The van der Waals surface area contributed by atoms with Crippen LogP contribution in [-0.4, -0.2) is 38.5 Å². The number of aliphatic carboxylic acids is 1. The molecule has 0 saturated heterocycles. The Hall–Kier alpha value is -3.15. The molecule has 0 fully saturated rings. The molecule has 0 aliphatic rings. The zero-order valence-corrected chi connectivity index (χ0v) is 15.9. The molecular weight excluding hydrogens is 348 g/mol. The lowest BCUT2D eigenvalue weighted by Gasteiger charge is -2.12. The van der Waals surface area contributed by atoms with Crippen molar-refractivity contribution in [2.75, 3.05) is 27.4 Å². The third kappa shape index (κ3) is 4.94. The summed E-state index contributed by atoms with van der Waals surface area (Å²) < 4.78 is 21.6. The quantitative estimate of drug-likeness (QED) is 0.527. The fourth-order valence-corrected chi connectivity index (χ4v) is 2.60. The summed E-state index contributed by atoms with van der Waals surface area (Å²) >= 11 is 0. The van der Waals surface area contributed by atoms with Gasteiger partial charge in [0.15, 0.2) is 23.0 Å². The number of ether oxygens (including phenoxy) is 4. The van der Waals surface area contributed by atoms with E-state index >= 15 is 0 Å². The van der Waals surface area contributed by atoms with E-state index < -0.39 is 5.97 Å². The molecule has 0 atom stereocenters. The molecule has 0 aromatic heterocycles. The molecule has 0 aliphatic carbocycles. The second-order valence-corrected chi connectivity index (χ2v) is 5.51. The molecule has 2 aromatic rings. The number of benzene rings is 2. The van der Waals surface area contributed by atoms with Crippen molar-refractivity contribution in [2.45, 2.75) is 13.8 Å². The van der Waals surface area contributed by atoms with Gasteiger partial charge in [-0.1, -0.05) is 12.1 Å². The van der Waals surface area contributed by atoms with Gasteiger partial charge in [0.1, 0.15) is 0 Å². The number of carboxylic acids is 1. The van der Waals surface area contributed by atoms with Crippen LogP contribution in [0.1, 0.15) is 25.0 Å². The van der Waals surface area contributed by atoms with Crippen LogP contribution in [0.25, 0.3) is 11.6 Å². The maximum atomic E-state index is 11.9. The average Bonchev–Trinajstić information content (AvgIpc) is 2.66. The molecule has 0 spiro atoms. The average molecular weight is 372 g/mol. The molecule has 0 saturated carbocycles. The van der Waals surface area contributed by atoms with Gasteiger partial charge in [0.2, 0.25) is 0 Å². The lowest BCUT2D eigenvalue weighted by Crippen LogP contribution is -2.02. The summed E-state index contributed by atoms with van der Waals surface area (Å²) in [7, 11) is 3.10. The summed E-state index contributed by atoms with van der Waals surface area (Å²) in [6.45, 7) is 4.65. The molecule has 6 heteroatoms. The monoisotopic (exact) mass is 372 g/mol. The van der Waals surface area contributed by atoms with Crippen LogP contribution in [0.4, 0.5) is 0 Å². The first-order valence-electron chi connectivity index (χ1n) is 8.61. The minimum atomic E-state index is -1.05. The summed E-state index contributed by atoms with van der Waals surface area (Å²) in [5.41, 5.74) is 1.33. The van der Waals surface area contributed by atoms with Crippen LogP contribution in [0.3, 0.4) is 0 Å². The Bertz CT molecular complexity index is 825. The Balaban J connectivity index is 2.50. The van der Waals surface area contributed by atoms with Crippen molar-refractivity contribution in [3.05, 3.63) is 47.5 Å². The highest BCUT2D eigenvalue weighted by Crippen LogP contribution is 2.33.